The standard InChI is InChI=1S/C17H19N5OS2/c1-3-24-17-14(5-4-7-18-17)16(23)21-13-9-20-22(10-13)8-6-15-12(2)19-11-25-15/h4-5,7,9-11H,3,6,8H2,1-2H3,(H,21,23). The van der Waals surface area contributed by atoms with Gasteiger partial charge in [-0.1, -0.05) is 6.92 Å². The zero-order chi connectivity index (χ0) is 17.6. The smallest absolute Gasteiger partial charge is 0.258 e. The summed E-state index contributed by atoms with van der Waals surface area (Å²) in [5, 5.41) is 7.96. The van der Waals surface area contributed by atoms with E-state index in [0.29, 0.717) is 11.3 Å². The molecular weight excluding hydrogens is 354 g/mol. The SMILES string of the molecule is CCSc1ncccc1C(=O)Nc1cnn(CCc2scnc2C)c1. The van der Waals surface area contributed by atoms with Crippen LogP contribution in [0.4, 0.5) is 5.69 Å². The molecule has 0 spiro atoms. The summed E-state index contributed by atoms with van der Waals surface area (Å²) in [6.07, 6.45) is 6.09. The van der Waals surface area contributed by atoms with E-state index >= 15 is 0 Å². The highest BCUT2D eigenvalue weighted by molar-refractivity contribution is 7.99. The minimum absolute atomic E-state index is 0.165. The molecule has 1 N–H and O–H groups in total. The molecule has 0 aromatic carbocycles. The maximum absolute atomic E-state index is 12.5. The van der Waals surface area contributed by atoms with Crippen molar-refractivity contribution in [1.82, 2.24) is 19.7 Å². The van der Waals surface area contributed by atoms with Gasteiger partial charge in [0.25, 0.3) is 5.91 Å². The van der Waals surface area contributed by atoms with E-state index in [-0.39, 0.29) is 5.91 Å². The number of nitrogens with zero attached hydrogens (tertiary/aromatic N) is 4. The first-order chi connectivity index (χ1) is 12.2. The topological polar surface area (TPSA) is 72.7 Å². The zero-order valence-electron chi connectivity index (χ0n) is 14.1. The highest BCUT2D eigenvalue weighted by Crippen LogP contribution is 2.21. The Bertz CT molecular complexity index is 858. The Hall–Kier alpha value is -2.19. The monoisotopic (exact) mass is 373 g/mol. The molecule has 0 aliphatic heterocycles. The predicted octanol–water partition coefficient (Wildman–Crippen LogP) is 3.65. The van der Waals surface area contributed by atoms with Crippen LogP contribution in [0.1, 0.15) is 27.9 Å². The molecule has 1 amide bonds. The Labute approximate surface area is 154 Å². The molecule has 3 heterocycles. The van der Waals surface area contributed by atoms with Gasteiger partial charge >= 0.3 is 0 Å². The van der Waals surface area contributed by atoms with E-state index in [1.807, 2.05) is 30.2 Å². The van der Waals surface area contributed by atoms with Crippen molar-refractivity contribution in [2.45, 2.75) is 31.8 Å². The minimum atomic E-state index is -0.165. The van der Waals surface area contributed by atoms with Crippen LogP contribution in [0.2, 0.25) is 0 Å². The summed E-state index contributed by atoms with van der Waals surface area (Å²) in [4.78, 5) is 22.3. The van der Waals surface area contributed by atoms with Crippen LogP contribution in [0.25, 0.3) is 0 Å². The van der Waals surface area contributed by atoms with Crippen LogP contribution in [0, 0.1) is 6.92 Å². The third kappa shape index (κ3) is 4.46. The highest BCUT2D eigenvalue weighted by atomic mass is 32.2. The third-order valence-electron chi connectivity index (χ3n) is 3.60. The highest BCUT2D eigenvalue weighted by Gasteiger charge is 2.13. The van der Waals surface area contributed by atoms with Gasteiger partial charge in [0.1, 0.15) is 5.03 Å². The average molecular weight is 374 g/mol. The van der Waals surface area contributed by atoms with E-state index < -0.39 is 0 Å². The number of carbonyl (C=O) groups is 1. The summed E-state index contributed by atoms with van der Waals surface area (Å²) >= 11 is 3.21. The summed E-state index contributed by atoms with van der Waals surface area (Å²) in [6, 6.07) is 3.56. The number of aromatic nitrogens is 4. The molecule has 0 bridgehead atoms. The van der Waals surface area contributed by atoms with Crippen molar-refractivity contribution in [2.24, 2.45) is 0 Å². The fraction of sp³-hybridized carbons (Fsp3) is 0.294. The lowest BCUT2D eigenvalue weighted by Crippen LogP contribution is -2.13. The molecule has 3 rings (SSSR count). The van der Waals surface area contributed by atoms with E-state index in [2.05, 4.69) is 20.4 Å². The van der Waals surface area contributed by atoms with Crippen LogP contribution in [0.5, 0.6) is 0 Å². The molecule has 6 nitrogen and oxygen atoms in total. The number of hydrogen-bond acceptors (Lipinski definition) is 6. The molecule has 0 aliphatic rings. The fourth-order valence-corrected chi connectivity index (χ4v) is 3.84. The maximum atomic E-state index is 12.5. The molecule has 0 fully saturated rings. The van der Waals surface area contributed by atoms with Crippen LogP contribution in [-0.4, -0.2) is 31.4 Å². The molecule has 0 radical (unpaired) electrons. The van der Waals surface area contributed by atoms with Gasteiger partial charge in [0, 0.05) is 30.2 Å². The van der Waals surface area contributed by atoms with Crippen LogP contribution in [0.15, 0.2) is 41.3 Å². The van der Waals surface area contributed by atoms with Gasteiger partial charge in [-0.25, -0.2) is 9.97 Å². The molecule has 3 aromatic heterocycles. The van der Waals surface area contributed by atoms with E-state index in [0.717, 1.165) is 29.4 Å². The Kier molecular flexibility index (Phi) is 5.83. The second-order valence-corrected chi connectivity index (χ2v) is 7.54. The van der Waals surface area contributed by atoms with Crippen LogP contribution < -0.4 is 5.32 Å². The first-order valence-electron chi connectivity index (χ1n) is 7.98. The van der Waals surface area contributed by atoms with Crippen molar-refractivity contribution in [3.63, 3.8) is 0 Å². The van der Waals surface area contributed by atoms with E-state index in [1.54, 1.807) is 47.6 Å². The molecule has 3 aromatic rings. The van der Waals surface area contributed by atoms with Gasteiger partial charge in [-0.05, 0) is 24.8 Å². The van der Waals surface area contributed by atoms with Gasteiger partial charge in [-0.2, -0.15) is 5.10 Å². The number of thiazole rings is 1. The zero-order valence-corrected chi connectivity index (χ0v) is 15.7. The van der Waals surface area contributed by atoms with Gasteiger partial charge in [-0.3, -0.25) is 9.48 Å². The van der Waals surface area contributed by atoms with Crippen molar-refractivity contribution in [3.8, 4) is 0 Å². The number of nitrogens with one attached hydrogen (secondary N) is 1. The summed E-state index contributed by atoms with van der Waals surface area (Å²) in [7, 11) is 0. The minimum Gasteiger partial charge on any atom is -0.319 e. The van der Waals surface area contributed by atoms with Gasteiger partial charge in [-0.15, -0.1) is 23.1 Å². The van der Waals surface area contributed by atoms with Crippen molar-refractivity contribution in [2.75, 3.05) is 11.1 Å². The molecule has 0 unspecified atom stereocenters. The van der Waals surface area contributed by atoms with E-state index in [4.69, 9.17) is 0 Å². The molecule has 0 atom stereocenters. The van der Waals surface area contributed by atoms with Gasteiger partial charge in [0.2, 0.25) is 0 Å². The summed E-state index contributed by atoms with van der Waals surface area (Å²) < 4.78 is 1.83. The Morgan fingerprint density at radius 3 is 3.04 bits per heavy atom. The molecule has 8 heteroatoms. The number of aryl methyl sites for hydroxylation is 3. The second kappa shape index (κ2) is 8.26. The lowest BCUT2D eigenvalue weighted by molar-refractivity contribution is 0.102. The van der Waals surface area contributed by atoms with Crippen molar-refractivity contribution >= 4 is 34.7 Å². The fourth-order valence-electron chi connectivity index (χ4n) is 2.35. The Balaban J connectivity index is 1.63. The van der Waals surface area contributed by atoms with Crippen LogP contribution in [-0.2, 0) is 13.0 Å². The number of amides is 1. The normalized spacial score (nSPS) is 10.8. The Morgan fingerprint density at radius 1 is 1.40 bits per heavy atom. The first kappa shape index (κ1) is 17.6. The lowest BCUT2D eigenvalue weighted by atomic mass is 10.2. The molecule has 130 valence electrons. The molecular formula is C17H19N5OS2. The predicted molar refractivity (Wildman–Crippen MR) is 101 cm³/mol. The number of hydrogen-bond donors (Lipinski definition) is 1. The molecule has 0 saturated heterocycles. The first-order valence-corrected chi connectivity index (χ1v) is 9.84. The average Bonchev–Trinajstić information content (AvgIpc) is 3.22. The third-order valence-corrected chi connectivity index (χ3v) is 5.48. The van der Waals surface area contributed by atoms with Crippen LogP contribution in [0.3, 0.4) is 0 Å². The Morgan fingerprint density at radius 2 is 2.28 bits per heavy atom. The number of thioether (sulfide) groups is 1. The molecule has 0 aliphatic carbocycles. The quantitative estimate of drug-likeness (QED) is 0.640. The van der Waals surface area contributed by atoms with Gasteiger partial charge in [0.15, 0.2) is 0 Å². The largest absolute Gasteiger partial charge is 0.319 e. The van der Waals surface area contributed by atoms with E-state index in [9.17, 15) is 4.79 Å². The number of pyridine rings is 1. The number of anilines is 1. The number of carbonyl (C=O) groups excluding carboxylic acids is 1. The maximum Gasteiger partial charge on any atom is 0.258 e. The summed E-state index contributed by atoms with van der Waals surface area (Å²) in [5.74, 6) is 0.702. The lowest BCUT2D eigenvalue weighted by Gasteiger charge is -2.06. The van der Waals surface area contributed by atoms with E-state index in [1.165, 1.54) is 4.88 Å². The molecule has 0 saturated carbocycles. The van der Waals surface area contributed by atoms with Crippen molar-refractivity contribution in [1.29, 1.82) is 0 Å². The summed E-state index contributed by atoms with van der Waals surface area (Å²) in [6.45, 7) is 4.80. The summed E-state index contributed by atoms with van der Waals surface area (Å²) in [5.41, 5.74) is 4.20. The second-order valence-electron chi connectivity index (χ2n) is 5.35. The molecule has 25 heavy (non-hydrogen) atoms. The van der Waals surface area contributed by atoms with Gasteiger partial charge < -0.3 is 5.32 Å². The van der Waals surface area contributed by atoms with Crippen molar-refractivity contribution < 1.29 is 4.79 Å². The van der Waals surface area contributed by atoms with Gasteiger partial charge in [0.05, 0.1) is 28.7 Å². The van der Waals surface area contributed by atoms with Crippen LogP contribution >= 0.6 is 23.1 Å². The number of rotatable bonds is 7. The van der Waals surface area contributed by atoms with Crippen molar-refractivity contribution in [3.05, 3.63) is 52.4 Å².